The lowest BCUT2D eigenvalue weighted by Gasteiger charge is -2.15. The van der Waals surface area contributed by atoms with Gasteiger partial charge in [0, 0.05) is 24.3 Å². The Morgan fingerprint density at radius 2 is 0.812 bits per heavy atom. The van der Waals surface area contributed by atoms with Gasteiger partial charge in [-0.05, 0) is 34.4 Å². The van der Waals surface area contributed by atoms with Crippen LogP contribution in [0.15, 0.2) is 119 Å². The fourth-order valence-electron chi connectivity index (χ4n) is 4.01. The van der Waals surface area contributed by atoms with Gasteiger partial charge in [-0.3, -0.25) is 9.98 Å². The van der Waals surface area contributed by atoms with Gasteiger partial charge in [0.15, 0.2) is 0 Å². The molecule has 4 rings (SSSR count). The second-order valence-corrected chi connectivity index (χ2v) is 7.94. The SMILES string of the molecule is C[C@H](c1ccccc1)c1ccccc1N=CC=Nc1ccccc1[C@H](C)c1ccccc1. The van der Waals surface area contributed by atoms with Gasteiger partial charge >= 0.3 is 0 Å². The van der Waals surface area contributed by atoms with E-state index in [0.29, 0.717) is 0 Å². The van der Waals surface area contributed by atoms with Crippen LogP contribution in [0.25, 0.3) is 0 Å². The zero-order valence-electron chi connectivity index (χ0n) is 18.6. The predicted molar refractivity (Wildman–Crippen MR) is 137 cm³/mol. The molecule has 0 spiro atoms. The highest BCUT2D eigenvalue weighted by Crippen LogP contribution is 2.32. The third kappa shape index (κ3) is 5.09. The number of hydrogen-bond donors (Lipinski definition) is 0. The highest BCUT2D eigenvalue weighted by molar-refractivity contribution is 6.17. The van der Waals surface area contributed by atoms with Gasteiger partial charge in [-0.25, -0.2) is 0 Å². The van der Waals surface area contributed by atoms with Crippen LogP contribution in [0.5, 0.6) is 0 Å². The Morgan fingerprint density at radius 1 is 0.469 bits per heavy atom. The summed E-state index contributed by atoms with van der Waals surface area (Å²) in [6.07, 6.45) is 3.58. The number of para-hydroxylation sites is 2. The van der Waals surface area contributed by atoms with Crippen LogP contribution in [0.2, 0.25) is 0 Å². The average molecular weight is 417 g/mol. The van der Waals surface area contributed by atoms with Crippen molar-refractivity contribution in [3.05, 3.63) is 131 Å². The van der Waals surface area contributed by atoms with E-state index in [4.69, 9.17) is 9.98 Å². The number of aliphatic imine (C=N–C) groups is 2. The van der Waals surface area contributed by atoms with Crippen molar-refractivity contribution < 1.29 is 0 Å². The minimum atomic E-state index is 0.272. The zero-order valence-corrected chi connectivity index (χ0v) is 18.6. The summed E-state index contributed by atoms with van der Waals surface area (Å²) in [4.78, 5) is 9.45. The number of rotatable bonds is 7. The molecule has 0 aliphatic heterocycles. The molecule has 4 aromatic rings. The van der Waals surface area contributed by atoms with Crippen LogP contribution in [-0.4, -0.2) is 12.4 Å². The maximum atomic E-state index is 4.73. The monoisotopic (exact) mass is 416 g/mol. The van der Waals surface area contributed by atoms with E-state index in [-0.39, 0.29) is 11.8 Å². The van der Waals surface area contributed by atoms with Crippen LogP contribution in [0.4, 0.5) is 11.4 Å². The van der Waals surface area contributed by atoms with Crippen molar-refractivity contribution in [3.63, 3.8) is 0 Å². The van der Waals surface area contributed by atoms with Crippen molar-refractivity contribution in [2.75, 3.05) is 0 Å². The first-order valence-corrected chi connectivity index (χ1v) is 11.1. The zero-order chi connectivity index (χ0) is 22.2. The highest BCUT2D eigenvalue weighted by Gasteiger charge is 2.12. The summed E-state index contributed by atoms with van der Waals surface area (Å²) in [5.74, 6) is 0.544. The van der Waals surface area contributed by atoms with Crippen LogP contribution in [0.3, 0.4) is 0 Å². The smallest absolute Gasteiger partial charge is 0.0668 e. The standard InChI is InChI=1S/C30H28N2/c1-23(25-13-5-3-6-14-25)27-17-9-11-19-29(27)31-21-22-32-30-20-12-10-18-28(30)24(2)26-15-7-4-8-16-26/h3-24H,1-2H3/t23-,24-/m1/s1. The molecule has 0 bridgehead atoms. The van der Waals surface area contributed by atoms with Crippen LogP contribution in [0, 0.1) is 0 Å². The Balaban J connectivity index is 1.54. The van der Waals surface area contributed by atoms with E-state index in [1.54, 1.807) is 12.4 Å². The van der Waals surface area contributed by atoms with E-state index in [9.17, 15) is 0 Å². The van der Waals surface area contributed by atoms with Gasteiger partial charge in [0.05, 0.1) is 11.4 Å². The van der Waals surface area contributed by atoms with E-state index in [1.807, 2.05) is 24.3 Å². The lowest BCUT2D eigenvalue weighted by molar-refractivity contribution is 0.922. The van der Waals surface area contributed by atoms with Crippen LogP contribution < -0.4 is 0 Å². The summed E-state index contributed by atoms with van der Waals surface area (Å²) in [7, 11) is 0. The third-order valence-corrected chi connectivity index (χ3v) is 5.90. The third-order valence-electron chi connectivity index (χ3n) is 5.90. The maximum Gasteiger partial charge on any atom is 0.0668 e. The first-order chi connectivity index (χ1) is 15.7. The first kappa shape index (κ1) is 21.5. The summed E-state index contributed by atoms with van der Waals surface area (Å²) in [6, 6.07) is 37.7. The van der Waals surface area contributed by atoms with Gasteiger partial charge in [-0.1, -0.05) is 111 Å². The van der Waals surface area contributed by atoms with Gasteiger partial charge in [-0.2, -0.15) is 0 Å². The summed E-state index contributed by atoms with van der Waals surface area (Å²) in [5, 5.41) is 0. The largest absolute Gasteiger partial charge is 0.255 e. The number of hydrogen-bond acceptors (Lipinski definition) is 2. The van der Waals surface area contributed by atoms with Crippen molar-refractivity contribution in [1.29, 1.82) is 0 Å². The highest BCUT2D eigenvalue weighted by atomic mass is 14.8. The van der Waals surface area contributed by atoms with Crippen LogP contribution in [-0.2, 0) is 0 Å². The van der Waals surface area contributed by atoms with E-state index >= 15 is 0 Å². The molecule has 158 valence electrons. The molecule has 2 nitrogen and oxygen atoms in total. The molecule has 2 atom stereocenters. The molecule has 0 saturated carbocycles. The first-order valence-electron chi connectivity index (χ1n) is 11.1. The van der Waals surface area contributed by atoms with Gasteiger partial charge in [-0.15, -0.1) is 0 Å². The van der Waals surface area contributed by atoms with E-state index in [2.05, 4.69) is 98.8 Å². The van der Waals surface area contributed by atoms with E-state index in [1.165, 1.54) is 22.3 Å². The van der Waals surface area contributed by atoms with Crippen molar-refractivity contribution >= 4 is 23.8 Å². The van der Waals surface area contributed by atoms with E-state index < -0.39 is 0 Å². The Kier molecular flexibility index (Phi) is 7.04. The molecule has 4 aromatic carbocycles. The van der Waals surface area contributed by atoms with Gasteiger partial charge < -0.3 is 0 Å². The molecule has 0 amide bonds. The minimum Gasteiger partial charge on any atom is -0.255 e. The maximum absolute atomic E-state index is 4.73. The quantitative estimate of drug-likeness (QED) is 0.272. The Bertz CT molecular complexity index is 1100. The molecule has 0 saturated heterocycles. The summed E-state index contributed by atoms with van der Waals surface area (Å²) in [5.41, 5.74) is 6.94. The van der Waals surface area contributed by atoms with Gasteiger partial charge in [0.1, 0.15) is 0 Å². The second-order valence-electron chi connectivity index (χ2n) is 7.94. The molecule has 0 unspecified atom stereocenters. The second kappa shape index (κ2) is 10.5. The fourth-order valence-corrected chi connectivity index (χ4v) is 4.01. The summed E-state index contributed by atoms with van der Waals surface area (Å²) in [6.45, 7) is 4.44. The lowest BCUT2D eigenvalue weighted by atomic mass is 9.92. The fraction of sp³-hybridized carbons (Fsp3) is 0.133. The minimum absolute atomic E-state index is 0.272. The number of nitrogens with zero attached hydrogens (tertiary/aromatic N) is 2. The molecule has 0 fully saturated rings. The topological polar surface area (TPSA) is 24.7 Å². The average Bonchev–Trinajstić information content (AvgIpc) is 2.87. The summed E-state index contributed by atoms with van der Waals surface area (Å²) < 4.78 is 0. The summed E-state index contributed by atoms with van der Waals surface area (Å²) >= 11 is 0. The van der Waals surface area contributed by atoms with Crippen LogP contribution in [0.1, 0.15) is 47.9 Å². The molecule has 0 aliphatic carbocycles. The van der Waals surface area contributed by atoms with Crippen LogP contribution >= 0.6 is 0 Å². The molecule has 0 N–H and O–H groups in total. The molecule has 2 heteroatoms. The Morgan fingerprint density at radius 3 is 1.22 bits per heavy atom. The van der Waals surface area contributed by atoms with Gasteiger partial charge in [0.2, 0.25) is 0 Å². The predicted octanol–water partition coefficient (Wildman–Crippen LogP) is 8.10. The molecule has 0 aromatic heterocycles. The molecular weight excluding hydrogens is 388 g/mol. The van der Waals surface area contributed by atoms with Crippen molar-refractivity contribution in [2.45, 2.75) is 25.7 Å². The molecular formula is C30H28N2. The molecule has 0 aliphatic rings. The lowest BCUT2D eigenvalue weighted by Crippen LogP contribution is -1.96. The Hall–Kier alpha value is -3.78. The van der Waals surface area contributed by atoms with Gasteiger partial charge in [0.25, 0.3) is 0 Å². The molecule has 0 heterocycles. The van der Waals surface area contributed by atoms with Crippen molar-refractivity contribution in [1.82, 2.24) is 0 Å². The normalized spacial score (nSPS) is 13.4. The van der Waals surface area contributed by atoms with Crippen molar-refractivity contribution in [3.8, 4) is 0 Å². The Labute approximate surface area is 191 Å². The van der Waals surface area contributed by atoms with E-state index in [0.717, 1.165) is 11.4 Å². The molecule has 0 radical (unpaired) electrons. The molecule has 32 heavy (non-hydrogen) atoms. The van der Waals surface area contributed by atoms with Crippen molar-refractivity contribution in [2.24, 2.45) is 9.98 Å². The number of benzene rings is 4.